The van der Waals surface area contributed by atoms with E-state index in [0.717, 1.165) is 11.1 Å². The summed E-state index contributed by atoms with van der Waals surface area (Å²) in [5.41, 5.74) is 0.204. The van der Waals surface area contributed by atoms with Crippen molar-refractivity contribution >= 4 is 0 Å². The second-order valence-corrected chi connectivity index (χ2v) is 6.15. The maximum absolute atomic E-state index is 10.4. The van der Waals surface area contributed by atoms with E-state index in [0.29, 0.717) is 6.61 Å². The summed E-state index contributed by atoms with van der Waals surface area (Å²) in [5.74, 6) is 0.117. The van der Waals surface area contributed by atoms with Gasteiger partial charge in [0.2, 0.25) is 0 Å². The molecule has 2 rings (SSSR count). The van der Waals surface area contributed by atoms with E-state index in [4.69, 9.17) is 4.74 Å². The first-order chi connectivity index (χ1) is 9.84. The first-order valence-electron chi connectivity index (χ1n) is 7.29. The van der Waals surface area contributed by atoms with Crippen molar-refractivity contribution in [3.8, 4) is 0 Å². The first-order valence-corrected chi connectivity index (χ1v) is 7.29. The van der Waals surface area contributed by atoms with Crippen LogP contribution < -0.4 is 0 Å². The molecule has 0 radical (unpaired) electrons. The quantitative estimate of drug-likeness (QED) is 0.738. The van der Waals surface area contributed by atoms with E-state index in [1.54, 1.807) is 6.08 Å². The molecule has 0 aromatic heterocycles. The summed E-state index contributed by atoms with van der Waals surface area (Å²) < 4.78 is 5.85. The maximum atomic E-state index is 10.4. The molecule has 1 aliphatic carbocycles. The van der Waals surface area contributed by atoms with Crippen LogP contribution in [0, 0.1) is 5.92 Å². The Morgan fingerprint density at radius 2 is 1.81 bits per heavy atom. The minimum Gasteiger partial charge on any atom is -0.387 e. The van der Waals surface area contributed by atoms with Crippen molar-refractivity contribution in [1.29, 1.82) is 0 Å². The zero-order chi connectivity index (χ0) is 15.6. The molecule has 0 bridgehead atoms. The minimum atomic E-state index is -1.61. The molecule has 21 heavy (non-hydrogen) atoms. The number of ether oxygens (including phenoxy) is 1. The van der Waals surface area contributed by atoms with Gasteiger partial charge < -0.3 is 20.1 Å². The lowest BCUT2D eigenvalue weighted by Crippen LogP contribution is -2.58. The standard InChI is InChI=1S/C17H24O4/c1-11(2)13-9-14(18)17(3,20)16(19)15(13)21-10-12-7-5-4-6-8-12/h4-9,11,14-16,18-20H,10H2,1-3H3/t14-,15+,16+,17+/m1/s1. The molecule has 0 fully saturated rings. The monoisotopic (exact) mass is 292 g/mol. The molecular weight excluding hydrogens is 268 g/mol. The van der Waals surface area contributed by atoms with Crippen LogP contribution in [0.2, 0.25) is 0 Å². The SMILES string of the molecule is CC(C)C1=C[C@@H](O)[C@](C)(O)[C@@H](O)[C@H]1OCc1ccccc1. The Labute approximate surface area is 125 Å². The second kappa shape index (κ2) is 6.28. The van der Waals surface area contributed by atoms with E-state index in [2.05, 4.69) is 0 Å². The molecule has 4 heteroatoms. The smallest absolute Gasteiger partial charge is 0.120 e. The molecule has 1 aliphatic rings. The Morgan fingerprint density at radius 1 is 1.19 bits per heavy atom. The second-order valence-electron chi connectivity index (χ2n) is 6.15. The van der Waals surface area contributed by atoms with Crippen molar-refractivity contribution in [2.24, 2.45) is 5.92 Å². The van der Waals surface area contributed by atoms with Crippen LogP contribution >= 0.6 is 0 Å². The summed E-state index contributed by atoms with van der Waals surface area (Å²) in [5, 5.41) is 30.6. The molecule has 4 nitrogen and oxygen atoms in total. The van der Waals surface area contributed by atoms with E-state index in [1.807, 2.05) is 44.2 Å². The van der Waals surface area contributed by atoms with Gasteiger partial charge in [0, 0.05) is 0 Å². The van der Waals surface area contributed by atoms with Crippen LogP contribution in [0.1, 0.15) is 26.3 Å². The van der Waals surface area contributed by atoms with Crippen molar-refractivity contribution in [3.63, 3.8) is 0 Å². The zero-order valence-electron chi connectivity index (χ0n) is 12.7. The predicted molar refractivity (Wildman–Crippen MR) is 80.6 cm³/mol. The fourth-order valence-corrected chi connectivity index (χ4v) is 2.58. The molecule has 0 amide bonds. The molecule has 0 saturated heterocycles. The van der Waals surface area contributed by atoms with E-state index in [1.165, 1.54) is 6.92 Å². The highest BCUT2D eigenvalue weighted by molar-refractivity contribution is 5.25. The largest absolute Gasteiger partial charge is 0.387 e. The summed E-state index contributed by atoms with van der Waals surface area (Å²) in [4.78, 5) is 0. The number of aliphatic hydroxyl groups is 3. The van der Waals surface area contributed by atoms with Gasteiger partial charge in [-0.2, -0.15) is 0 Å². The maximum Gasteiger partial charge on any atom is 0.120 e. The highest BCUT2D eigenvalue weighted by atomic mass is 16.5. The number of aliphatic hydroxyl groups excluding tert-OH is 2. The Hall–Kier alpha value is -1.20. The Bertz CT molecular complexity index is 493. The number of benzene rings is 1. The normalized spacial score (nSPS) is 33.1. The molecule has 3 N–H and O–H groups in total. The lowest BCUT2D eigenvalue weighted by atomic mass is 9.77. The van der Waals surface area contributed by atoms with Crippen LogP contribution in [0.5, 0.6) is 0 Å². The van der Waals surface area contributed by atoms with Gasteiger partial charge in [0.05, 0.1) is 6.61 Å². The minimum absolute atomic E-state index is 0.117. The lowest BCUT2D eigenvalue weighted by Gasteiger charge is -2.43. The fraction of sp³-hybridized carbons (Fsp3) is 0.529. The van der Waals surface area contributed by atoms with Gasteiger partial charge in [-0.1, -0.05) is 50.3 Å². The van der Waals surface area contributed by atoms with Crippen LogP contribution in [0.15, 0.2) is 42.0 Å². The average molecular weight is 292 g/mol. The summed E-state index contributed by atoms with van der Waals surface area (Å²) in [7, 11) is 0. The fourth-order valence-electron chi connectivity index (χ4n) is 2.58. The van der Waals surface area contributed by atoms with Crippen LogP contribution in [0.4, 0.5) is 0 Å². The Kier molecular flexibility index (Phi) is 4.84. The van der Waals surface area contributed by atoms with Gasteiger partial charge in [-0.25, -0.2) is 0 Å². The molecule has 0 unspecified atom stereocenters. The average Bonchev–Trinajstić information content (AvgIpc) is 2.45. The van der Waals surface area contributed by atoms with Crippen LogP contribution in [0.25, 0.3) is 0 Å². The molecule has 0 aliphatic heterocycles. The predicted octanol–water partition coefficient (Wildman–Crippen LogP) is 1.64. The topological polar surface area (TPSA) is 69.9 Å². The third-order valence-corrected chi connectivity index (χ3v) is 4.10. The molecular formula is C17H24O4. The molecule has 0 saturated carbocycles. The highest BCUT2D eigenvalue weighted by Gasteiger charge is 2.47. The van der Waals surface area contributed by atoms with Crippen molar-refractivity contribution < 1.29 is 20.1 Å². The van der Waals surface area contributed by atoms with Gasteiger partial charge in [0.15, 0.2) is 0 Å². The summed E-state index contributed by atoms with van der Waals surface area (Å²) in [6, 6.07) is 9.67. The van der Waals surface area contributed by atoms with Gasteiger partial charge in [0.25, 0.3) is 0 Å². The van der Waals surface area contributed by atoms with Gasteiger partial charge in [-0.15, -0.1) is 0 Å². The number of hydrogen-bond acceptors (Lipinski definition) is 4. The zero-order valence-corrected chi connectivity index (χ0v) is 12.7. The Balaban J connectivity index is 2.20. The number of hydrogen-bond donors (Lipinski definition) is 3. The van der Waals surface area contributed by atoms with E-state index < -0.39 is 23.9 Å². The van der Waals surface area contributed by atoms with Gasteiger partial charge in [0.1, 0.15) is 23.9 Å². The lowest BCUT2D eigenvalue weighted by molar-refractivity contribution is -0.171. The van der Waals surface area contributed by atoms with E-state index >= 15 is 0 Å². The molecule has 4 atom stereocenters. The van der Waals surface area contributed by atoms with Crippen molar-refractivity contribution in [2.75, 3.05) is 0 Å². The van der Waals surface area contributed by atoms with Crippen molar-refractivity contribution in [1.82, 2.24) is 0 Å². The summed E-state index contributed by atoms with van der Waals surface area (Å²) in [6.45, 7) is 5.72. The van der Waals surface area contributed by atoms with E-state index in [-0.39, 0.29) is 5.92 Å². The van der Waals surface area contributed by atoms with Crippen LogP contribution in [-0.2, 0) is 11.3 Å². The first kappa shape index (κ1) is 16.2. The van der Waals surface area contributed by atoms with Gasteiger partial charge >= 0.3 is 0 Å². The summed E-state index contributed by atoms with van der Waals surface area (Å²) in [6.07, 6.45) is -1.28. The molecule has 1 aromatic rings. The van der Waals surface area contributed by atoms with Crippen molar-refractivity contribution in [3.05, 3.63) is 47.5 Å². The number of rotatable bonds is 4. The Morgan fingerprint density at radius 3 is 2.38 bits per heavy atom. The van der Waals surface area contributed by atoms with Crippen LogP contribution in [-0.4, -0.2) is 39.2 Å². The van der Waals surface area contributed by atoms with Crippen molar-refractivity contribution in [2.45, 2.75) is 51.3 Å². The van der Waals surface area contributed by atoms with Gasteiger partial charge in [-0.3, -0.25) is 0 Å². The molecule has 0 heterocycles. The third kappa shape index (κ3) is 3.35. The molecule has 0 spiro atoms. The highest BCUT2D eigenvalue weighted by Crippen LogP contribution is 2.34. The molecule has 116 valence electrons. The van der Waals surface area contributed by atoms with E-state index in [9.17, 15) is 15.3 Å². The third-order valence-electron chi connectivity index (χ3n) is 4.10. The summed E-state index contributed by atoms with van der Waals surface area (Å²) >= 11 is 0. The van der Waals surface area contributed by atoms with Gasteiger partial charge in [-0.05, 0) is 24.0 Å². The van der Waals surface area contributed by atoms with Crippen LogP contribution in [0.3, 0.4) is 0 Å². The molecule has 1 aromatic carbocycles.